The molecule has 2 heterocycles. The Morgan fingerprint density at radius 1 is 0.339 bits per heavy atom. The average Bonchev–Trinajstić information content (AvgIpc) is 3.83. The van der Waals surface area contributed by atoms with Crippen LogP contribution < -0.4 is 4.74 Å². The first-order valence-electron chi connectivity index (χ1n) is 20.3. The van der Waals surface area contributed by atoms with Crippen LogP contribution in [0.2, 0.25) is 0 Å². The fraction of sp³-hybridized carbons (Fsp3) is 0.0175. The van der Waals surface area contributed by atoms with E-state index in [-0.39, 0.29) is 0 Å². The summed E-state index contributed by atoms with van der Waals surface area (Å²) >= 11 is 0. The number of hydrogen-bond acceptors (Lipinski definition) is 2. The minimum atomic E-state index is -0.591. The molecule has 2 aliphatic rings. The van der Waals surface area contributed by atoms with Gasteiger partial charge in [-0.1, -0.05) is 164 Å². The van der Waals surface area contributed by atoms with E-state index in [4.69, 9.17) is 9.15 Å². The summed E-state index contributed by atoms with van der Waals surface area (Å²) in [4.78, 5) is 0. The van der Waals surface area contributed by atoms with E-state index in [1.54, 1.807) is 0 Å². The maximum atomic E-state index is 6.52. The van der Waals surface area contributed by atoms with Crippen LogP contribution in [-0.2, 0) is 5.41 Å². The van der Waals surface area contributed by atoms with E-state index in [9.17, 15) is 0 Å². The summed E-state index contributed by atoms with van der Waals surface area (Å²) in [5.41, 5.74) is 15.8. The van der Waals surface area contributed by atoms with Gasteiger partial charge in [-0.2, -0.15) is 0 Å². The van der Waals surface area contributed by atoms with E-state index in [0.717, 1.165) is 50.1 Å². The number of furan rings is 1. The van der Waals surface area contributed by atoms with Crippen LogP contribution in [0.4, 0.5) is 0 Å². The molecule has 0 fully saturated rings. The first kappa shape index (κ1) is 32.4. The zero-order valence-electron chi connectivity index (χ0n) is 31.9. The Balaban J connectivity index is 1.05. The van der Waals surface area contributed by atoms with Crippen molar-refractivity contribution in [2.75, 3.05) is 0 Å². The van der Waals surface area contributed by atoms with Crippen LogP contribution in [0, 0.1) is 0 Å². The van der Waals surface area contributed by atoms with Gasteiger partial charge in [0.25, 0.3) is 0 Å². The SMILES string of the molecule is c1ccc(C2(c3ccccc3)c3cc(-c4ccc5c(c4)-c4cccc6cccc(c46)O5)ccc3-c3ccc4c(-c5ccc6c(c5)oc5ccccc56)cccc4c32)cc1. The fourth-order valence-corrected chi connectivity index (χ4v) is 10.4. The van der Waals surface area contributed by atoms with E-state index in [0.29, 0.717) is 0 Å². The van der Waals surface area contributed by atoms with Crippen molar-refractivity contribution in [2.24, 2.45) is 0 Å². The molecule has 2 nitrogen and oxygen atoms in total. The fourth-order valence-electron chi connectivity index (χ4n) is 10.4. The average molecular weight is 751 g/mol. The number of benzene rings is 10. The summed E-state index contributed by atoms with van der Waals surface area (Å²) in [6.07, 6.45) is 0. The van der Waals surface area contributed by atoms with Gasteiger partial charge in [-0.3, -0.25) is 0 Å². The van der Waals surface area contributed by atoms with Crippen molar-refractivity contribution < 1.29 is 9.15 Å². The zero-order valence-corrected chi connectivity index (χ0v) is 31.9. The van der Waals surface area contributed by atoms with Gasteiger partial charge in [0.05, 0.1) is 5.41 Å². The number of para-hydroxylation sites is 1. The van der Waals surface area contributed by atoms with Crippen molar-refractivity contribution in [2.45, 2.75) is 5.41 Å². The Labute approximate surface area is 341 Å². The highest BCUT2D eigenvalue weighted by molar-refractivity contribution is 6.10. The third-order valence-corrected chi connectivity index (χ3v) is 12.9. The van der Waals surface area contributed by atoms with Crippen LogP contribution in [0.15, 0.2) is 211 Å². The Hall–Kier alpha value is -7.68. The second kappa shape index (κ2) is 12.2. The summed E-state index contributed by atoms with van der Waals surface area (Å²) in [6, 6.07) is 75.3. The van der Waals surface area contributed by atoms with E-state index < -0.39 is 5.41 Å². The number of fused-ring (bicyclic) bond motifs is 10. The van der Waals surface area contributed by atoms with Crippen molar-refractivity contribution >= 4 is 43.5 Å². The number of ether oxygens (including phenoxy) is 1. The second-order valence-corrected chi connectivity index (χ2v) is 15.9. The third kappa shape index (κ3) is 4.51. The van der Waals surface area contributed by atoms with Crippen molar-refractivity contribution in [3.63, 3.8) is 0 Å². The predicted molar refractivity (Wildman–Crippen MR) is 242 cm³/mol. The van der Waals surface area contributed by atoms with Gasteiger partial charge in [-0.05, 0) is 120 Å². The molecule has 0 radical (unpaired) electrons. The molecule has 59 heavy (non-hydrogen) atoms. The molecule has 2 heteroatoms. The molecular formula is C57H34O2. The first-order valence-corrected chi connectivity index (χ1v) is 20.3. The molecule has 1 aliphatic heterocycles. The quantitative estimate of drug-likeness (QED) is 0.179. The van der Waals surface area contributed by atoms with Crippen LogP contribution in [0.25, 0.3) is 88.0 Å². The third-order valence-electron chi connectivity index (χ3n) is 12.9. The van der Waals surface area contributed by atoms with Crippen LogP contribution in [0.3, 0.4) is 0 Å². The molecule has 0 atom stereocenters. The summed E-state index contributed by atoms with van der Waals surface area (Å²) in [5.74, 6) is 1.80. The van der Waals surface area contributed by atoms with Gasteiger partial charge in [-0.25, -0.2) is 0 Å². The van der Waals surface area contributed by atoms with Gasteiger partial charge >= 0.3 is 0 Å². The van der Waals surface area contributed by atoms with Crippen molar-refractivity contribution in [1.29, 1.82) is 0 Å². The van der Waals surface area contributed by atoms with Gasteiger partial charge in [0.1, 0.15) is 22.7 Å². The maximum absolute atomic E-state index is 6.52. The second-order valence-electron chi connectivity index (χ2n) is 15.9. The molecule has 11 aromatic rings. The Morgan fingerprint density at radius 3 is 1.83 bits per heavy atom. The van der Waals surface area contributed by atoms with E-state index >= 15 is 0 Å². The molecule has 0 saturated heterocycles. The molecule has 1 aliphatic carbocycles. The molecule has 0 amide bonds. The topological polar surface area (TPSA) is 22.4 Å². The molecule has 13 rings (SSSR count). The monoisotopic (exact) mass is 750 g/mol. The lowest BCUT2D eigenvalue weighted by molar-refractivity contribution is 0.487. The molecule has 0 N–H and O–H groups in total. The predicted octanol–water partition coefficient (Wildman–Crippen LogP) is 15.4. The highest BCUT2D eigenvalue weighted by Crippen LogP contribution is 2.59. The minimum absolute atomic E-state index is 0.591. The maximum Gasteiger partial charge on any atom is 0.136 e. The lowest BCUT2D eigenvalue weighted by atomic mass is 9.66. The Kier molecular flexibility index (Phi) is 6.68. The lowest BCUT2D eigenvalue weighted by Crippen LogP contribution is -2.29. The summed E-state index contributed by atoms with van der Waals surface area (Å²) < 4.78 is 12.9. The summed E-state index contributed by atoms with van der Waals surface area (Å²) in [7, 11) is 0. The number of rotatable bonds is 4. The van der Waals surface area contributed by atoms with Gasteiger partial charge in [-0.15, -0.1) is 0 Å². The molecule has 274 valence electrons. The lowest BCUT2D eigenvalue weighted by Gasteiger charge is -2.35. The minimum Gasteiger partial charge on any atom is -0.456 e. The van der Waals surface area contributed by atoms with Gasteiger partial charge in [0, 0.05) is 21.7 Å². The Morgan fingerprint density at radius 2 is 0.983 bits per heavy atom. The van der Waals surface area contributed by atoms with Crippen molar-refractivity contribution in [3.8, 4) is 56.0 Å². The normalized spacial score (nSPS) is 13.4. The first-order chi connectivity index (χ1) is 29.2. The van der Waals surface area contributed by atoms with E-state index in [1.807, 2.05) is 12.1 Å². The van der Waals surface area contributed by atoms with Gasteiger partial charge in [0.15, 0.2) is 0 Å². The van der Waals surface area contributed by atoms with Crippen LogP contribution >= 0.6 is 0 Å². The largest absolute Gasteiger partial charge is 0.456 e. The summed E-state index contributed by atoms with van der Waals surface area (Å²) in [6.45, 7) is 0. The smallest absolute Gasteiger partial charge is 0.136 e. The van der Waals surface area contributed by atoms with Crippen LogP contribution in [0.1, 0.15) is 22.3 Å². The standard InChI is InChI=1S/C57H34O2/c1-3-14-39(15-4-1)57(40-16-5-2-6-17-40)50-33-37(36-26-31-52-49(32-36)46-20-9-12-35-13-10-23-53(58-52)55(35)46)24-27-43(50)48-30-29-42-41(19-11-21-47(42)56(48)57)38-25-28-45-44-18-7-8-22-51(44)59-54(45)34-38/h1-34H. The van der Waals surface area contributed by atoms with Gasteiger partial charge < -0.3 is 9.15 Å². The Bertz CT molecular complexity index is 3480. The highest BCUT2D eigenvalue weighted by atomic mass is 16.5. The molecule has 1 aromatic heterocycles. The molecule has 10 aromatic carbocycles. The molecule has 0 unspecified atom stereocenters. The summed E-state index contributed by atoms with van der Waals surface area (Å²) in [5, 5.41) is 7.09. The zero-order chi connectivity index (χ0) is 38.7. The molecular weight excluding hydrogens is 717 g/mol. The van der Waals surface area contributed by atoms with Crippen molar-refractivity contribution in [3.05, 3.63) is 229 Å². The van der Waals surface area contributed by atoms with Crippen molar-refractivity contribution in [1.82, 2.24) is 0 Å². The number of hydrogen-bond donors (Lipinski definition) is 0. The van der Waals surface area contributed by atoms with Gasteiger partial charge in [0.2, 0.25) is 0 Å². The van der Waals surface area contributed by atoms with E-state index in [1.165, 1.54) is 71.6 Å². The molecule has 0 bridgehead atoms. The molecule has 0 spiro atoms. The highest BCUT2D eigenvalue weighted by Gasteiger charge is 2.47. The molecule has 0 saturated carbocycles. The van der Waals surface area contributed by atoms with E-state index in [2.05, 4.69) is 194 Å². The van der Waals surface area contributed by atoms with Crippen LogP contribution in [-0.4, -0.2) is 0 Å². The van der Waals surface area contributed by atoms with Crippen LogP contribution in [0.5, 0.6) is 11.5 Å².